The summed E-state index contributed by atoms with van der Waals surface area (Å²) in [6.45, 7) is 4.56. The molecular formula is C16H20FN3. The molecule has 3 rings (SSSR count). The zero-order valence-corrected chi connectivity index (χ0v) is 11.8. The van der Waals surface area contributed by atoms with Gasteiger partial charge in [0.25, 0.3) is 0 Å². The van der Waals surface area contributed by atoms with E-state index in [9.17, 15) is 4.39 Å². The van der Waals surface area contributed by atoms with Gasteiger partial charge in [0.05, 0.1) is 12.2 Å². The number of hydrogen-bond donors (Lipinski definition) is 1. The van der Waals surface area contributed by atoms with Gasteiger partial charge < -0.3 is 5.32 Å². The Balaban J connectivity index is 1.95. The number of benzene rings is 1. The van der Waals surface area contributed by atoms with E-state index in [2.05, 4.69) is 12.2 Å². The molecule has 1 aromatic carbocycles. The van der Waals surface area contributed by atoms with Crippen LogP contribution in [0.1, 0.15) is 35.9 Å². The topological polar surface area (TPSA) is 29.9 Å². The van der Waals surface area contributed by atoms with E-state index < -0.39 is 0 Å². The van der Waals surface area contributed by atoms with E-state index >= 15 is 0 Å². The highest BCUT2D eigenvalue weighted by Gasteiger charge is 2.20. The van der Waals surface area contributed by atoms with Gasteiger partial charge in [-0.15, -0.1) is 0 Å². The fourth-order valence-corrected chi connectivity index (χ4v) is 2.85. The molecule has 0 fully saturated rings. The molecule has 0 saturated heterocycles. The molecule has 4 heteroatoms. The van der Waals surface area contributed by atoms with Crippen molar-refractivity contribution in [3.8, 4) is 0 Å². The molecule has 3 nitrogen and oxygen atoms in total. The molecule has 1 aliphatic heterocycles. The van der Waals surface area contributed by atoms with Crippen molar-refractivity contribution >= 4 is 0 Å². The van der Waals surface area contributed by atoms with Gasteiger partial charge in [0.15, 0.2) is 0 Å². The Morgan fingerprint density at radius 1 is 1.35 bits per heavy atom. The Hall–Kier alpha value is -1.68. The molecule has 0 aliphatic carbocycles. The molecule has 1 aliphatic rings. The first-order valence-corrected chi connectivity index (χ1v) is 7.31. The molecule has 1 aromatic heterocycles. The van der Waals surface area contributed by atoms with Crippen LogP contribution in [0.25, 0.3) is 0 Å². The van der Waals surface area contributed by atoms with Crippen molar-refractivity contribution in [2.75, 3.05) is 6.54 Å². The normalized spacial score (nSPS) is 14.3. The number of aromatic nitrogens is 2. The van der Waals surface area contributed by atoms with Crippen LogP contribution >= 0.6 is 0 Å². The largest absolute Gasteiger partial charge is 0.312 e. The zero-order chi connectivity index (χ0) is 13.9. The Morgan fingerprint density at radius 2 is 2.20 bits per heavy atom. The van der Waals surface area contributed by atoms with Gasteiger partial charge in [0.1, 0.15) is 5.82 Å². The van der Waals surface area contributed by atoms with Gasteiger partial charge in [-0.3, -0.25) is 4.68 Å². The minimum Gasteiger partial charge on any atom is -0.312 e. The fourth-order valence-electron chi connectivity index (χ4n) is 2.85. The first-order valence-electron chi connectivity index (χ1n) is 7.31. The Morgan fingerprint density at radius 3 is 3.00 bits per heavy atom. The average Bonchev–Trinajstić information content (AvgIpc) is 2.81. The number of fused-ring (bicyclic) bond motifs is 1. The predicted octanol–water partition coefficient (Wildman–Crippen LogP) is 2.67. The van der Waals surface area contributed by atoms with E-state index in [1.54, 1.807) is 6.07 Å². The van der Waals surface area contributed by atoms with E-state index in [1.165, 1.54) is 23.0 Å². The lowest BCUT2D eigenvalue weighted by molar-refractivity contribution is 0.555. The van der Waals surface area contributed by atoms with E-state index in [0.717, 1.165) is 32.4 Å². The smallest absolute Gasteiger partial charge is 0.128 e. The van der Waals surface area contributed by atoms with Crippen LogP contribution in [-0.4, -0.2) is 16.3 Å². The number of halogens is 1. The second-order valence-electron chi connectivity index (χ2n) is 5.30. The molecule has 20 heavy (non-hydrogen) atoms. The van der Waals surface area contributed by atoms with Crippen molar-refractivity contribution in [3.63, 3.8) is 0 Å². The quantitative estimate of drug-likeness (QED) is 0.928. The van der Waals surface area contributed by atoms with Crippen LogP contribution in [0.5, 0.6) is 0 Å². The summed E-state index contributed by atoms with van der Waals surface area (Å²) in [5.41, 5.74) is 4.48. The average molecular weight is 273 g/mol. The maximum Gasteiger partial charge on any atom is 0.128 e. The molecule has 0 saturated carbocycles. The van der Waals surface area contributed by atoms with Crippen molar-refractivity contribution < 1.29 is 4.39 Å². The van der Waals surface area contributed by atoms with E-state index in [-0.39, 0.29) is 5.82 Å². The minimum atomic E-state index is -0.150. The van der Waals surface area contributed by atoms with Crippen molar-refractivity contribution in [2.24, 2.45) is 0 Å². The van der Waals surface area contributed by atoms with Gasteiger partial charge in [-0.05, 0) is 12.5 Å². The summed E-state index contributed by atoms with van der Waals surface area (Å²) >= 11 is 0. The van der Waals surface area contributed by atoms with Crippen LogP contribution in [0.4, 0.5) is 4.39 Å². The number of hydrogen-bond acceptors (Lipinski definition) is 2. The Kier molecular flexibility index (Phi) is 3.83. The minimum absolute atomic E-state index is 0.150. The lowest BCUT2D eigenvalue weighted by Crippen LogP contribution is -2.25. The molecule has 2 heterocycles. The number of rotatable bonds is 4. The van der Waals surface area contributed by atoms with Crippen molar-refractivity contribution in [2.45, 2.75) is 39.3 Å². The Bertz CT molecular complexity index is 604. The first-order chi connectivity index (χ1) is 9.79. The van der Waals surface area contributed by atoms with Gasteiger partial charge in [-0.1, -0.05) is 31.5 Å². The fraction of sp³-hybridized carbons (Fsp3) is 0.438. The van der Waals surface area contributed by atoms with Crippen LogP contribution in [0.15, 0.2) is 24.3 Å². The molecule has 0 atom stereocenters. The number of nitrogens with one attached hydrogen (secondary N) is 1. The number of nitrogens with zero attached hydrogens (tertiary/aromatic N) is 2. The SMILES string of the molecule is CCCc1nn(Cc2ccccc2F)c2c1CNCC2. The standard InChI is InChI=1S/C16H20FN3/c1-2-5-15-13-10-18-9-8-16(13)20(19-15)11-12-6-3-4-7-14(12)17/h3-4,6-7,18H,2,5,8-11H2,1H3. The summed E-state index contributed by atoms with van der Waals surface area (Å²) in [5.74, 6) is -0.150. The lowest BCUT2D eigenvalue weighted by Gasteiger charge is -2.16. The number of aryl methyl sites for hydroxylation is 1. The van der Waals surface area contributed by atoms with Crippen LogP contribution < -0.4 is 5.32 Å². The second-order valence-corrected chi connectivity index (χ2v) is 5.30. The third-order valence-corrected chi connectivity index (χ3v) is 3.85. The molecule has 2 aromatic rings. The molecular weight excluding hydrogens is 253 g/mol. The van der Waals surface area contributed by atoms with Gasteiger partial charge in [0, 0.05) is 36.3 Å². The zero-order valence-electron chi connectivity index (χ0n) is 11.8. The highest BCUT2D eigenvalue weighted by Crippen LogP contribution is 2.21. The summed E-state index contributed by atoms with van der Waals surface area (Å²) in [7, 11) is 0. The summed E-state index contributed by atoms with van der Waals surface area (Å²) < 4.78 is 15.8. The molecule has 0 unspecified atom stereocenters. The molecule has 106 valence electrons. The Labute approximate surface area is 118 Å². The van der Waals surface area contributed by atoms with Gasteiger partial charge in [0.2, 0.25) is 0 Å². The molecule has 1 N–H and O–H groups in total. The molecule has 0 spiro atoms. The van der Waals surface area contributed by atoms with E-state index in [1.807, 2.05) is 16.8 Å². The van der Waals surface area contributed by atoms with Gasteiger partial charge >= 0.3 is 0 Å². The van der Waals surface area contributed by atoms with Crippen molar-refractivity contribution in [3.05, 3.63) is 52.6 Å². The third-order valence-electron chi connectivity index (χ3n) is 3.85. The van der Waals surface area contributed by atoms with E-state index in [4.69, 9.17) is 5.10 Å². The maximum absolute atomic E-state index is 13.8. The summed E-state index contributed by atoms with van der Waals surface area (Å²) in [6, 6.07) is 6.95. The van der Waals surface area contributed by atoms with Crippen LogP contribution in [0.2, 0.25) is 0 Å². The lowest BCUT2D eigenvalue weighted by atomic mass is 10.0. The van der Waals surface area contributed by atoms with Crippen molar-refractivity contribution in [1.29, 1.82) is 0 Å². The first kappa shape index (κ1) is 13.3. The maximum atomic E-state index is 13.8. The highest BCUT2D eigenvalue weighted by atomic mass is 19.1. The van der Waals surface area contributed by atoms with Gasteiger partial charge in [-0.2, -0.15) is 5.10 Å². The van der Waals surface area contributed by atoms with Gasteiger partial charge in [-0.25, -0.2) is 4.39 Å². The summed E-state index contributed by atoms with van der Waals surface area (Å²) in [5, 5.41) is 8.13. The van der Waals surface area contributed by atoms with Crippen molar-refractivity contribution in [1.82, 2.24) is 15.1 Å². The third kappa shape index (κ3) is 2.48. The van der Waals surface area contributed by atoms with Crippen LogP contribution in [-0.2, 0) is 25.9 Å². The summed E-state index contributed by atoms with van der Waals surface area (Å²) in [6.07, 6.45) is 3.05. The predicted molar refractivity (Wildman–Crippen MR) is 77.1 cm³/mol. The van der Waals surface area contributed by atoms with Crippen LogP contribution in [0, 0.1) is 5.82 Å². The highest BCUT2D eigenvalue weighted by molar-refractivity contribution is 5.30. The second kappa shape index (κ2) is 5.75. The summed E-state index contributed by atoms with van der Waals surface area (Å²) in [4.78, 5) is 0. The van der Waals surface area contributed by atoms with E-state index in [0.29, 0.717) is 12.1 Å². The van der Waals surface area contributed by atoms with Crippen LogP contribution in [0.3, 0.4) is 0 Å². The monoisotopic (exact) mass is 273 g/mol. The molecule has 0 radical (unpaired) electrons. The molecule has 0 amide bonds. The molecule has 0 bridgehead atoms.